The molecule has 3 aromatic rings. The van der Waals surface area contributed by atoms with Crippen LogP contribution in [0.3, 0.4) is 0 Å². The molecule has 0 spiro atoms. The van der Waals surface area contributed by atoms with Gasteiger partial charge in [0.15, 0.2) is 5.82 Å². The first-order valence-electron chi connectivity index (χ1n) is 12.4. The van der Waals surface area contributed by atoms with Crippen LogP contribution in [0.1, 0.15) is 55.1 Å². The second-order valence-electron chi connectivity index (χ2n) is 9.17. The minimum Gasteiger partial charge on any atom is -0.497 e. The van der Waals surface area contributed by atoms with Crippen molar-refractivity contribution in [2.75, 3.05) is 20.2 Å². The Labute approximate surface area is 203 Å². The Morgan fingerprint density at radius 3 is 2.68 bits per heavy atom. The van der Waals surface area contributed by atoms with E-state index in [-0.39, 0.29) is 0 Å². The van der Waals surface area contributed by atoms with Gasteiger partial charge in [-0.15, -0.1) is 10.2 Å². The minimum absolute atomic E-state index is 0.567. The van der Waals surface area contributed by atoms with Crippen molar-refractivity contribution in [3.63, 3.8) is 0 Å². The molecule has 6 nitrogen and oxygen atoms in total. The van der Waals surface area contributed by atoms with E-state index in [9.17, 15) is 5.26 Å². The highest BCUT2D eigenvalue weighted by Crippen LogP contribution is 2.28. The van der Waals surface area contributed by atoms with Gasteiger partial charge < -0.3 is 14.2 Å². The Kier molecular flexibility index (Phi) is 7.97. The summed E-state index contributed by atoms with van der Waals surface area (Å²) in [5.74, 6) is 2.76. The fourth-order valence-electron chi connectivity index (χ4n) is 5.14. The highest BCUT2D eigenvalue weighted by molar-refractivity contribution is 5.56. The Bertz CT molecular complexity index is 1130. The summed E-state index contributed by atoms with van der Waals surface area (Å²) in [7, 11) is 3.72. The predicted molar refractivity (Wildman–Crippen MR) is 135 cm³/mol. The standard InChI is InChI=1S/C28H35N5O/c1-4-17-33(24-13-16-26-22(19-24)8-7-9-23(26)20-29)18-6-5-10-27-30-31-28(32(27)2)21-11-14-25(34-3)15-12-21/h7-9,11-12,14-15,24H,4-6,10,13,16-19H2,1-3H3. The maximum Gasteiger partial charge on any atom is 0.163 e. The zero-order valence-corrected chi connectivity index (χ0v) is 20.6. The fourth-order valence-corrected chi connectivity index (χ4v) is 5.14. The lowest BCUT2D eigenvalue weighted by molar-refractivity contribution is 0.176. The number of ether oxygens (including phenoxy) is 1. The molecule has 1 aliphatic rings. The maximum atomic E-state index is 9.42. The molecule has 6 heteroatoms. The minimum atomic E-state index is 0.567. The van der Waals surface area contributed by atoms with Gasteiger partial charge in [-0.2, -0.15) is 5.26 Å². The lowest BCUT2D eigenvalue weighted by Crippen LogP contribution is -2.40. The second kappa shape index (κ2) is 11.3. The van der Waals surface area contributed by atoms with Crippen LogP contribution in [0.4, 0.5) is 0 Å². The number of fused-ring (bicyclic) bond motifs is 1. The van der Waals surface area contributed by atoms with Gasteiger partial charge in [0, 0.05) is 25.1 Å². The van der Waals surface area contributed by atoms with E-state index in [0.29, 0.717) is 6.04 Å². The molecular formula is C28H35N5O. The summed E-state index contributed by atoms with van der Waals surface area (Å²) >= 11 is 0. The number of hydrogen-bond acceptors (Lipinski definition) is 5. The van der Waals surface area contributed by atoms with Crippen LogP contribution in [0.15, 0.2) is 42.5 Å². The SMILES string of the molecule is CCCN(CCCCc1nnc(-c2ccc(OC)cc2)n1C)C1CCc2c(C#N)cccc2C1. The molecule has 0 saturated heterocycles. The van der Waals surface area contributed by atoms with Crippen LogP contribution in [-0.4, -0.2) is 45.9 Å². The van der Waals surface area contributed by atoms with Crippen LogP contribution < -0.4 is 4.74 Å². The Hall–Kier alpha value is -3.17. The molecule has 1 heterocycles. The average molecular weight is 458 g/mol. The molecule has 1 atom stereocenters. The Morgan fingerprint density at radius 2 is 1.94 bits per heavy atom. The smallest absolute Gasteiger partial charge is 0.163 e. The highest BCUT2D eigenvalue weighted by Gasteiger charge is 2.25. The molecule has 178 valence electrons. The van der Waals surface area contributed by atoms with Gasteiger partial charge in [0.05, 0.1) is 18.7 Å². The molecule has 34 heavy (non-hydrogen) atoms. The number of methoxy groups -OCH3 is 1. The van der Waals surface area contributed by atoms with Crippen LogP contribution in [0.25, 0.3) is 11.4 Å². The maximum absolute atomic E-state index is 9.42. The number of aromatic nitrogens is 3. The van der Waals surface area contributed by atoms with E-state index < -0.39 is 0 Å². The van der Waals surface area contributed by atoms with Crippen LogP contribution in [0.2, 0.25) is 0 Å². The molecule has 0 N–H and O–H groups in total. The summed E-state index contributed by atoms with van der Waals surface area (Å²) in [6.07, 6.45) is 7.54. The van der Waals surface area contributed by atoms with Crippen molar-refractivity contribution < 1.29 is 4.74 Å². The molecule has 1 aromatic heterocycles. The number of rotatable bonds is 10. The molecule has 1 unspecified atom stereocenters. The first-order chi connectivity index (χ1) is 16.6. The Balaban J connectivity index is 1.32. The molecule has 0 bridgehead atoms. The van der Waals surface area contributed by atoms with Crippen molar-refractivity contribution >= 4 is 0 Å². The summed E-state index contributed by atoms with van der Waals surface area (Å²) in [6, 6.07) is 17.1. The van der Waals surface area contributed by atoms with E-state index in [1.807, 2.05) is 43.4 Å². The molecule has 4 rings (SSSR count). The first kappa shape index (κ1) is 24.0. The summed E-state index contributed by atoms with van der Waals surface area (Å²) in [5.41, 5.74) is 4.54. The first-order valence-corrected chi connectivity index (χ1v) is 12.4. The van der Waals surface area contributed by atoms with Crippen molar-refractivity contribution in [2.24, 2.45) is 7.05 Å². The molecule has 0 aliphatic heterocycles. The van der Waals surface area contributed by atoms with Gasteiger partial charge in [0.2, 0.25) is 0 Å². The largest absolute Gasteiger partial charge is 0.497 e. The zero-order chi connectivity index (χ0) is 23.9. The molecule has 1 aliphatic carbocycles. The Morgan fingerprint density at radius 1 is 1.12 bits per heavy atom. The lowest BCUT2D eigenvalue weighted by Gasteiger charge is -2.35. The molecule has 0 fully saturated rings. The topological polar surface area (TPSA) is 67.0 Å². The van der Waals surface area contributed by atoms with Gasteiger partial charge in [-0.05, 0) is 93.1 Å². The van der Waals surface area contributed by atoms with Crippen LogP contribution in [0, 0.1) is 11.3 Å². The summed E-state index contributed by atoms with van der Waals surface area (Å²) in [5, 5.41) is 18.3. The van der Waals surface area contributed by atoms with E-state index in [1.165, 1.54) is 11.1 Å². The van der Waals surface area contributed by atoms with E-state index in [2.05, 4.69) is 38.7 Å². The summed E-state index contributed by atoms with van der Waals surface area (Å²) in [6.45, 7) is 4.50. The zero-order valence-electron chi connectivity index (χ0n) is 20.6. The van der Waals surface area contributed by atoms with E-state index >= 15 is 0 Å². The average Bonchev–Trinajstić information content (AvgIpc) is 3.25. The van der Waals surface area contributed by atoms with Crippen LogP contribution in [0.5, 0.6) is 5.75 Å². The molecule has 2 aromatic carbocycles. The number of nitriles is 1. The second-order valence-corrected chi connectivity index (χ2v) is 9.17. The number of aryl methyl sites for hydroxylation is 1. The van der Waals surface area contributed by atoms with Crippen molar-refractivity contribution in [2.45, 2.75) is 57.9 Å². The molecule has 0 saturated carbocycles. The van der Waals surface area contributed by atoms with Crippen molar-refractivity contribution in [1.29, 1.82) is 5.26 Å². The summed E-state index contributed by atoms with van der Waals surface area (Å²) in [4.78, 5) is 2.67. The third-order valence-electron chi connectivity index (χ3n) is 7.01. The number of hydrogen-bond donors (Lipinski definition) is 0. The van der Waals surface area contributed by atoms with Crippen molar-refractivity contribution in [3.8, 4) is 23.2 Å². The molecule has 0 radical (unpaired) electrons. The van der Waals surface area contributed by atoms with Crippen LogP contribution in [-0.2, 0) is 26.3 Å². The highest BCUT2D eigenvalue weighted by atomic mass is 16.5. The van der Waals surface area contributed by atoms with Crippen LogP contribution >= 0.6 is 0 Å². The lowest BCUT2D eigenvalue weighted by atomic mass is 9.85. The number of unbranched alkanes of at least 4 members (excludes halogenated alkanes) is 1. The molecule has 0 amide bonds. The van der Waals surface area contributed by atoms with Gasteiger partial charge in [0.25, 0.3) is 0 Å². The van der Waals surface area contributed by atoms with Crippen molar-refractivity contribution in [3.05, 3.63) is 65.0 Å². The van der Waals surface area contributed by atoms with Crippen molar-refractivity contribution in [1.82, 2.24) is 19.7 Å². The number of nitrogens with zero attached hydrogens (tertiary/aromatic N) is 5. The van der Waals surface area contributed by atoms with E-state index in [4.69, 9.17) is 4.74 Å². The third kappa shape index (κ3) is 5.31. The van der Waals surface area contributed by atoms with E-state index in [1.54, 1.807) is 7.11 Å². The van der Waals surface area contributed by atoms with Gasteiger partial charge >= 0.3 is 0 Å². The monoisotopic (exact) mass is 457 g/mol. The predicted octanol–water partition coefficient (Wildman–Crippen LogP) is 4.95. The van der Waals surface area contributed by atoms with Gasteiger partial charge in [-0.1, -0.05) is 19.1 Å². The van der Waals surface area contributed by atoms with Gasteiger partial charge in [-0.25, -0.2) is 0 Å². The summed E-state index contributed by atoms with van der Waals surface area (Å²) < 4.78 is 7.36. The normalized spacial score (nSPS) is 15.2. The van der Waals surface area contributed by atoms with Gasteiger partial charge in [-0.3, -0.25) is 0 Å². The third-order valence-corrected chi connectivity index (χ3v) is 7.01. The molecular weight excluding hydrogens is 422 g/mol. The fraction of sp³-hybridized carbons (Fsp3) is 0.464. The van der Waals surface area contributed by atoms with Gasteiger partial charge in [0.1, 0.15) is 11.6 Å². The van der Waals surface area contributed by atoms with E-state index in [0.717, 1.165) is 86.6 Å². The quantitative estimate of drug-likeness (QED) is 0.403. The number of benzene rings is 2.